The van der Waals surface area contributed by atoms with E-state index in [1.165, 1.54) is 5.56 Å². The van der Waals surface area contributed by atoms with E-state index in [0.29, 0.717) is 5.90 Å². The third-order valence-corrected chi connectivity index (χ3v) is 4.02. The fourth-order valence-corrected chi connectivity index (χ4v) is 2.53. The number of benzene rings is 2. The zero-order chi connectivity index (χ0) is 18.0. The second kappa shape index (κ2) is 6.55. The molecule has 1 aliphatic rings. The third-order valence-electron chi connectivity index (χ3n) is 4.02. The summed E-state index contributed by atoms with van der Waals surface area (Å²) in [6.07, 6.45) is 1.70. The molecule has 2 aromatic carbocycles. The number of ether oxygens (including phenoxy) is 2. The molecule has 0 saturated carbocycles. The first-order chi connectivity index (χ1) is 11.9. The second-order valence-electron chi connectivity index (χ2n) is 6.94. The molecule has 0 fully saturated rings. The Bertz CT molecular complexity index is 855. The molecule has 0 saturated heterocycles. The molecule has 4 nitrogen and oxygen atoms in total. The van der Waals surface area contributed by atoms with Crippen LogP contribution in [0.25, 0.3) is 6.08 Å². The Morgan fingerprint density at radius 1 is 1.08 bits per heavy atom. The van der Waals surface area contributed by atoms with Gasteiger partial charge in [0.05, 0.1) is 7.11 Å². The maximum absolute atomic E-state index is 12.1. The van der Waals surface area contributed by atoms with Crippen LogP contribution in [0.5, 0.6) is 5.75 Å². The van der Waals surface area contributed by atoms with Crippen molar-refractivity contribution in [3.05, 3.63) is 70.9 Å². The minimum absolute atomic E-state index is 0.0735. The van der Waals surface area contributed by atoms with Crippen LogP contribution in [-0.4, -0.2) is 19.0 Å². The normalized spacial score (nSPS) is 15.9. The predicted molar refractivity (Wildman–Crippen MR) is 98.7 cm³/mol. The van der Waals surface area contributed by atoms with Crippen molar-refractivity contribution in [1.82, 2.24) is 0 Å². The van der Waals surface area contributed by atoms with Crippen molar-refractivity contribution >= 4 is 17.9 Å². The third kappa shape index (κ3) is 3.79. The SMILES string of the molecule is COc1cccc(/C=C2/N=C(c3ccc(C(C)(C)C)cc3)OC2=O)c1. The van der Waals surface area contributed by atoms with E-state index >= 15 is 0 Å². The van der Waals surface area contributed by atoms with Gasteiger partial charge in [0.2, 0.25) is 5.90 Å². The Morgan fingerprint density at radius 3 is 2.44 bits per heavy atom. The molecule has 0 bridgehead atoms. The van der Waals surface area contributed by atoms with Crippen molar-refractivity contribution in [3.63, 3.8) is 0 Å². The lowest BCUT2D eigenvalue weighted by Crippen LogP contribution is -2.11. The van der Waals surface area contributed by atoms with Crippen molar-refractivity contribution in [2.24, 2.45) is 4.99 Å². The number of carbonyl (C=O) groups is 1. The van der Waals surface area contributed by atoms with E-state index in [-0.39, 0.29) is 11.1 Å². The van der Waals surface area contributed by atoms with Crippen LogP contribution in [0.4, 0.5) is 0 Å². The minimum atomic E-state index is -0.447. The van der Waals surface area contributed by atoms with Gasteiger partial charge in [0, 0.05) is 5.56 Å². The van der Waals surface area contributed by atoms with Crippen molar-refractivity contribution in [2.45, 2.75) is 26.2 Å². The Hall–Kier alpha value is -2.88. The second-order valence-corrected chi connectivity index (χ2v) is 6.94. The summed E-state index contributed by atoms with van der Waals surface area (Å²) >= 11 is 0. The lowest BCUT2D eigenvalue weighted by molar-refractivity contribution is -0.129. The summed E-state index contributed by atoms with van der Waals surface area (Å²) in [6.45, 7) is 6.47. The van der Waals surface area contributed by atoms with Gasteiger partial charge in [-0.1, -0.05) is 45.0 Å². The van der Waals surface area contributed by atoms with Crippen molar-refractivity contribution < 1.29 is 14.3 Å². The molecule has 0 aromatic heterocycles. The van der Waals surface area contributed by atoms with Gasteiger partial charge < -0.3 is 9.47 Å². The number of hydrogen-bond acceptors (Lipinski definition) is 4. The highest BCUT2D eigenvalue weighted by atomic mass is 16.6. The van der Waals surface area contributed by atoms with Crippen molar-refractivity contribution in [2.75, 3.05) is 7.11 Å². The summed E-state index contributed by atoms with van der Waals surface area (Å²) < 4.78 is 10.5. The first-order valence-electron chi connectivity index (χ1n) is 8.14. The Balaban J connectivity index is 1.88. The van der Waals surface area contributed by atoms with Crippen LogP contribution in [0.3, 0.4) is 0 Å². The Labute approximate surface area is 147 Å². The Kier molecular flexibility index (Phi) is 4.45. The van der Waals surface area contributed by atoms with Crippen LogP contribution < -0.4 is 4.74 Å². The van der Waals surface area contributed by atoms with Gasteiger partial charge in [-0.15, -0.1) is 0 Å². The van der Waals surface area contributed by atoms with Gasteiger partial charge in [-0.25, -0.2) is 9.79 Å². The molecular formula is C21H21NO3. The van der Waals surface area contributed by atoms with Gasteiger partial charge in [-0.2, -0.15) is 0 Å². The number of nitrogens with zero attached hydrogens (tertiary/aromatic N) is 1. The van der Waals surface area contributed by atoms with Crippen LogP contribution >= 0.6 is 0 Å². The summed E-state index contributed by atoms with van der Waals surface area (Å²) in [5, 5.41) is 0. The molecule has 1 heterocycles. The number of methoxy groups -OCH3 is 1. The van der Waals surface area contributed by atoms with E-state index in [9.17, 15) is 4.79 Å². The largest absolute Gasteiger partial charge is 0.497 e. The average Bonchev–Trinajstić information content (AvgIpc) is 2.95. The molecule has 1 aliphatic heterocycles. The number of hydrogen-bond donors (Lipinski definition) is 0. The van der Waals surface area contributed by atoms with Crippen LogP contribution in [0.15, 0.2) is 59.2 Å². The smallest absolute Gasteiger partial charge is 0.363 e. The van der Waals surface area contributed by atoms with Crippen LogP contribution in [-0.2, 0) is 14.9 Å². The van der Waals surface area contributed by atoms with E-state index in [1.54, 1.807) is 13.2 Å². The van der Waals surface area contributed by atoms with E-state index in [2.05, 4.69) is 25.8 Å². The predicted octanol–water partition coefficient (Wildman–Crippen LogP) is 4.34. The van der Waals surface area contributed by atoms with Gasteiger partial charge in [0.1, 0.15) is 5.75 Å². The summed E-state index contributed by atoms with van der Waals surface area (Å²) in [5.74, 6) is 0.611. The molecule has 3 rings (SSSR count). The maximum Gasteiger partial charge on any atom is 0.363 e. The number of aliphatic imine (C=N–C) groups is 1. The number of cyclic esters (lactones) is 1. The minimum Gasteiger partial charge on any atom is -0.497 e. The van der Waals surface area contributed by atoms with Gasteiger partial charge in [-0.3, -0.25) is 0 Å². The molecule has 4 heteroatoms. The fourth-order valence-electron chi connectivity index (χ4n) is 2.53. The summed E-state index contributed by atoms with van der Waals surface area (Å²) in [7, 11) is 1.60. The quantitative estimate of drug-likeness (QED) is 0.619. The standard InChI is InChI=1S/C21H21NO3/c1-21(2,3)16-10-8-15(9-11-16)19-22-18(20(23)25-19)13-14-6-5-7-17(12-14)24-4/h5-13H,1-4H3/b18-13+. The number of carbonyl (C=O) groups excluding carboxylic acids is 1. The lowest BCUT2D eigenvalue weighted by atomic mass is 9.87. The molecular weight excluding hydrogens is 314 g/mol. The zero-order valence-corrected chi connectivity index (χ0v) is 14.9. The maximum atomic E-state index is 12.1. The van der Waals surface area contributed by atoms with Crippen molar-refractivity contribution in [1.29, 1.82) is 0 Å². The molecule has 128 valence electrons. The summed E-state index contributed by atoms with van der Waals surface area (Å²) in [5.41, 5.74) is 3.19. The molecule has 0 N–H and O–H groups in total. The first kappa shape index (κ1) is 17.0. The van der Waals surface area contributed by atoms with Gasteiger partial charge >= 0.3 is 5.97 Å². The zero-order valence-electron chi connectivity index (χ0n) is 14.9. The molecule has 0 atom stereocenters. The lowest BCUT2D eigenvalue weighted by Gasteiger charge is -2.18. The van der Waals surface area contributed by atoms with Gasteiger partial charge in [-0.05, 0) is 46.9 Å². The molecule has 0 unspecified atom stereocenters. The fraction of sp³-hybridized carbons (Fsp3) is 0.238. The highest BCUT2D eigenvalue weighted by molar-refractivity contribution is 6.12. The Morgan fingerprint density at radius 2 is 1.80 bits per heavy atom. The molecule has 0 spiro atoms. The van der Waals surface area contributed by atoms with Crippen molar-refractivity contribution in [3.8, 4) is 5.75 Å². The average molecular weight is 335 g/mol. The first-order valence-corrected chi connectivity index (χ1v) is 8.14. The van der Waals surface area contributed by atoms with Gasteiger partial charge in [0.15, 0.2) is 5.70 Å². The van der Waals surface area contributed by atoms with Gasteiger partial charge in [0.25, 0.3) is 0 Å². The van der Waals surface area contributed by atoms with E-state index in [0.717, 1.165) is 16.9 Å². The summed E-state index contributed by atoms with van der Waals surface area (Å²) in [4.78, 5) is 16.5. The molecule has 25 heavy (non-hydrogen) atoms. The molecule has 2 aromatic rings. The number of esters is 1. The van der Waals surface area contributed by atoms with Crippen LogP contribution in [0.1, 0.15) is 37.5 Å². The summed E-state index contributed by atoms with van der Waals surface area (Å²) in [6, 6.07) is 15.4. The molecule has 0 aliphatic carbocycles. The van der Waals surface area contributed by atoms with Crippen LogP contribution in [0.2, 0.25) is 0 Å². The monoisotopic (exact) mass is 335 g/mol. The molecule has 0 amide bonds. The molecule has 0 radical (unpaired) electrons. The highest BCUT2D eigenvalue weighted by Crippen LogP contribution is 2.25. The highest BCUT2D eigenvalue weighted by Gasteiger charge is 2.24. The number of rotatable bonds is 3. The topological polar surface area (TPSA) is 47.9 Å². The van der Waals surface area contributed by atoms with E-state index < -0.39 is 5.97 Å². The van der Waals surface area contributed by atoms with E-state index in [1.807, 2.05) is 48.5 Å². The van der Waals surface area contributed by atoms with Crippen LogP contribution in [0, 0.1) is 0 Å². The van der Waals surface area contributed by atoms with E-state index in [4.69, 9.17) is 9.47 Å².